The van der Waals surface area contributed by atoms with E-state index in [1.165, 1.54) is 62.1 Å². The van der Waals surface area contributed by atoms with Gasteiger partial charge in [-0.25, -0.2) is 0 Å². The van der Waals surface area contributed by atoms with Crippen LogP contribution in [0.2, 0.25) is 0 Å². The van der Waals surface area contributed by atoms with Crippen LogP contribution in [0.4, 0.5) is 5.69 Å². The quantitative estimate of drug-likeness (QED) is 0.328. The molecule has 1 heterocycles. The van der Waals surface area contributed by atoms with Crippen LogP contribution >= 0.6 is 7.75 Å². The van der Waals surface area contributed by atoms with Crippen molar-refractivity contribution in [3.63, 3.8) is 0 Å². The van der Waals surface area contributed by atoms with Crippen LogP contribution in [-0.4, -0.2) is 25.6 Å². The lowest BCUT2D eigenvalue weighted by atomic mass is 10.1. The highest BCUT2D eigenvalue weighted by Crippen LogP contribution is 2.35. The fourth-order valence-corrected chi connectivity index (χ4v) is 3.86. The zero-order chi connectivity index (χ0) is 19.3. The van der Waals surface area contributed by atoms with Crippen molar-refractivity contribution >= 4 is 13.4 Å². The Morgan fingerprint density at radius 1 is 0.923 bits per heavy atom. The molecular weight excluding hydrogens is 347 g/mol. The molecule has 0 aromatic carbocycles. The molecular formula is C20H38N2O3P+. The molecule has 0 spiro atoms. The van der Waals surface area contributed by atoms with Crippen LogP contribution in [0.15, 0.2) is 24.5 Å². The highest BCUT2D eigenvalue weighted by Gasteiger charge is 2.32. The summed E-state index contributed by atoms with van der Waals surface area (Å²) in [5, 5.41) is 0. The van der Waals surface area contributed by atoms with Gasteiger partial charge in [0.2, 0.25) is 0 Å². The van der Waals surface area contributed by atoms with Gasteiger partial charge in [-0.05, 0) is 6.42 Å². The van der Waals surface area contributed by atoms with Crippen molar-refractivity contribution in [2.75, 3.05) is 25.6 Å². The minimum Gasteiger partial charge on any atom is -0.377 e. The molecule has 6 heteroatoms. The highest BCUT2D eigenvalue weighted by atomic mass is 31.2. The van der Waals surface area contributed by atoms with E-state index in [1.807, 2.05) is 19.0 Å². The Morgan fingerprint density at radius 3 is 1.85 bits per heavy atom. The molecule has 150 valence electrons. The summed E-state index contributed by atoms with van der Waals surface area (Å²) in [5.41, 5.74) is 0.978. The molecule has 0 radical (unpaired) electrons. The lowest BCUT2D eigenvalue weighted by Gasteiger charge is -2.11. The Bertz CT molecular complexity index is 520. The predicted octanol–water partition coefficient (Wildman–Crippen LogP) is 5.32. The van der Waals surface area contributed by atoms with Gasteiger partial charge in [0.25, 0.3) is 0 Å². The van der Waals surface area contributed by atoms with Crippen LogP contribution in [0.25, 0.3) is 0 Å². The van der Waals surface area contributed by atoms with Crippen molar-refractivity contribution in [2.45, 2.75) is 77.6 Å². The third-order valence-electron chi connectivity index (χ3n) is 4.61. The van der Waals surface area contributed by atoms with E-state index in [0.717, 1.165) is 18.5 Å². The second-order valence-corrected chi connectivity index (χ2v) is 8.89. The largest absolute Gasteiger partial charge is 0.610 e. The molecule has 26 heavy (non-hydrogen) atoms. The number of hydrogen-bond donors (Lipinski definition) is 1. The Labute approximate surface area is 160 Å². The molecule has 5 nitrogen and oxygen atoms in total. The van der Waals surface area contributed by atoms with E-state index >= 15 is 0 Å². The van der Waals surface area contributed by atoms with E-state index in [2.05, 4.69) is 6.92 Å². The molecule has 0 aliphatic carbocycles. The van der Waals surface area contributed by atoms with E-state index in [9.17, 15) is 9.46 Å². The molecule has 0 saturated heterocycles. The summed E-state index contributed by atoms with van der Waals surface area (Å²) in [5.74, 6) is 0. The molecule has 0 bridgehead atoms. The Morgan fingerprint density at radius 2 is 1.38 bits per heavy atom. The minimum absolute atomic E-state index is 0.327. The highest BCUT2D eigenvalue weighted by molar-refractivity contribution is 7.45. The Hall–Kier alpha value is -0.900. The molecule has 1 atom stereocenters. The summed E-state index contributed by atoms with van der Waals surface area (Å²) in [6.07, 6.45) is 16.9. The standard InChI is InChI=1S/C20H37N2O3P/c1-4-5-6-7-8-9-10-11-12-13-14-19-25-26(23,24)22-17-15-20(16-18-22)21(2)3/h15-18H,4-14,19H2,1-3H3/p+1. The fourth-order valence-electron chi connectivity index (χ4n) is 2.89. The van der Waals surface area contributed by atoms with Crippen molar-refractivity contribution in [1.29, 1.82) is 0 Å². The average molecular weight is 386 g/mol. The molecule has 0 aliphatic heterocycles. The third-order valence-corrected chi connectivity index (χ3v) is 5.98. The van der Waals surface area contributed by atoms with Gasteiger partial charge in [-0.3, -0.25) is 9.42 Å². The summed E-state index contributed by atoms with van der Waals surface area (Å²) in [7, 11) is 0.0867. The lowest BCUT2D eigenvalue weighted by Crippen LogP contribution is -2.31. The summed E-state index contributed by atoms with van der Waals surface area (Å²) in [6.45, 7) is 2.58. The second kappa shape index (κ2) is 13.3. The van der Waals surface area contributed by atoms with Gasteiger partial charge in [0.15, 0.2) is 12.4 Å². The molecule has 1 unspecified atom stereocenters. The van der Waals surface area contributed by atoms with Crippen molar-refractivity contribution in [3.8, 4) is 0 Å². The van der Waals surface area contributed by atoms with Gasteiger partial charge in [0.05, 0.1) is 6.61 Å². The molecule has 1 aromatic heterocycles. The number of aromatic nitrogens is 1. The lowest BCUT2D eigenvalue weighted by molar-refractivity contribution is -0.540. The summed E-state index contributed by atoms with van der Waals surface area (Å²) >= 11 is 0. The molecule has 1 N–H and O–H groups in total. The number of unbranched alkanes of at least 4 members (excludes halogenated alkanes) is 10. The predicted molar refractivity (Wildman–Crippen MR) is 109 cm³/mol. The van der Waals surface area contributed by atoms with Gasteiger partial charge in [-0.2, -0.15) is 4.57 Å². The smallest absolute Gasteiger partial charge is 0.377 e. The summed E-state index contributed by atoms with van der Waals surface area (Å²) in [4.78, 5) is 12.0. The first-order chi connectivity index (χ1) is 12.5. The van der Waals surface area contributed by atoms with Crippen LogP contribution in [0.5, 0.6) is 0 Å². The second-order valence-electron chi connectivity index (χ2n) is 7.19. The molecule has 0 saturated carbocycles. The number of hydrogen-bond acceptors (Lipinski definition) is 3. The zero-order valence-corrected chi connectivity index (χ0v) is 17.8. The van der Waals surface area contributed by atoms with Crippen molar-refractivity contribution in [3.05, 3.63) is 24.5 Å². The summed E-state index contributed by atoms with van der Waals surface area (Å²) < 4.78 is 18.8. The van der Waals surface area contributed by atoms with E-state index in [-0.39, 0.29) is 0 Å². The normalized spacial score (nSPS) is 13.5. The first-order valence-corrected chi connectivity index (χ1v) is 11.7. The van der Waals surface area contributed by atoms with E-state index < -0.39 is 7.75 Å². The first-order valence-electron chi connectivity index (χ1n) is 10.1. The molecule has 0 fully saturated rings. The minimum atomic E-state index is -3.78. The van der Waals surface area contributed by atoms with Crippen LogP contribution in [0, 0.1) is 0 Å². The number of anilines is 1. The maximum atomic E-state index is 12.3. The molecule has 1 aromatic rings. The van der Waals surface area contributed by atoms with E-state index in [1.54, 1.807) is 24.5 Å². The topological polar surface area (TPSA) is 53.7 Å². The number of nitrogens with zero attached hydrogens (tertiary/aromatic N) is 2. The van der Waals surface area contributed by atoms with Crippen molar-refractivity contribution < 1.29 is 18.3 Å². The van der Waals surface area contributed by atoms with Crippen molar-refractivity contribution in [2.24, 2.45) is 0 Å². The zero-order valence-electron chi connectivity index (χ0n) is 16.9. The molecule has 0 amide bonds. The van der Waals surface area contributed by atoms with Crippen LogP contribution in [0.3, 0.4) is 0 Å². The Kier molecular flexibility index (Phi) is 11.8. The van der Waals surface area contributed by atoms with Crippen LogP contribution < -0.4 is 9.24 Å². The van der Waals surface area contributed by atoms with Gasteiger partial charge in [0, 0.05) is 31.9 Å². The van der Waals surface area contributed by atoms with Gasteiger partial charge < -0.3 is 4.90 Å². The number of rotatable bonds is 15. The third kappa shape index (κ3) is 9.70. The van der Waals surface area contributed by atoms with E-state index in [4.69, 9.17) is 4.52 Å². The van der Waals surface area contributed by atoms with Crippen LogP contribution in [-0.2, 0) is 9.09 Å². The van der Waals surface area contributed by atoms with Crippen LogP contribution in [0.1, 0.15) is 77.6 Å². The molecule has 0 aliphatic rings. The maximum absolute atomic E-state index is 12.3. The van der Waals surface area contributed by atoms with Gasteiger partial charge in [-0.15, -0.1) is 4.34 Å². The average Bonchev–Trinajstić information content (AvgIpc) is 2.62. The molecule has 1 rings (SSSR count). The van der Waals surface area contributed by atoms with Gasteiger partial charge in [-0.1, -0.05) is 71.1 Å². The monoisotopic (exact) mass is 385 g/mol. The summed E-state index contributed by atoms with van der Waals surface area (Å²) in [6, 6.07) is 3.60. The van der Waals surface area contributed by atoms with E-state index in [0.29, 0.717) is 6.61 Å². The van der Waals surface area contributed by atoms with Gasteiger partial charge >= 0.3 is 7.75 Å². The Balaban J connectivity index is 2.08. The van der Waals surface area contributed by atoms with Gasteiger partial charge in [0.1, 0.15) is 0 Å². The fraction of sp³-hybridized carbons (Fsp3) is 0.750. The van der Waals surface area contributed by atoms with Crippen molar-refractivity contribution in [1.82, 2.24) is 0 Å². The SMILES string of the molecule is CCCCCCCCCCCCCOP(=O)(O)[n+]1ccc(N(C)C)cc1. The maximum Gasteiger partial charge on any atom is 0.610 e. The first kappa shape index (κ1) is 23.1. The number of pyridine rings is 1.